The predicted octanol–water partition coefficient (Wildman–Crippen LogP) is -0.248. The van der Waals surface area contributed by atoms with Crippen LogP contribution in [0.5, 0.6) is 0 Å². The molecule has 3 nitrogen and oxygen atoms in total. The highest BCUT2D eigenvalue weighted by Crippen LogP contribution is 2.30. The fourth-order valence-corrected chi connectivity index (χ4v) is 0.561. The molecule has 2 aliphatic rings. The first-order chi connectivity index (χ1) is 2.91. The van der Waals surface area contributed by atoms with Crippen LogP contribution in [0.15, 0.2) is 10.2 Å². The maximum absolute atomic E-state index is 3.80. The summed E-state index contributed by atoms with van der Waals surface area (Å²) in [5.74, 6) is 0. The van der Waals surface area contributed by atoms with Gasteiger partial charge in [0.15, 0.2) is 0 Å². The van der Waals surface area contributed by atoms with E-state index in [9.17, 15) is 0 Å². The highest BCUT2D eigenvalue weighted by atomic mass is 15.5. The summed E-state index contributed by atoms with van der Waals surface area (Å²) < 4.78 is 0. The molecule has 0 bridgehead atoms. The van der Waals surface area contributed by atoms with Gasteiger partial charge in [-0.05, 0) is 0 Å². The monoisotopic (exact) mass is 83.0 g/mol. The molecule has 32 valence electrons. The van der Waals surface area contributed by atoms with Crippen LogP contribution in [0.4, 0.5) is 0 Å². The lowest BCUT2D eigenvalue weighted by atomic mass is 10.1. The van der Waals surface area contributed by atoms with Gasteiger partial charge in [-0.25, -0.2) is 0 Å². The third-order valence-electron chi connectivity index (χ3n) is 1.20. The minimum atomic E-state index is 0.111. The zero-order chi connectivity index (χ0) is 4.04. The molecule has 0 amide bonds. The van der Waals surface area contributed by atoms with Crippen molar-refractivity contribution in [2.24, 2.45) is 10.2 Å². The average Bonchev–Trinajstić information content (AvgIpc) is 2.02. The van der Waals surface area contributed by atoms with Crippen molar-refractivity contribution in [2.45, 2.75) is 5.66 Å². The molecule has 0 radical (unpaired) electrons. The lowest BCUT2D eigenvalue weighted by Gasteiger charge is -2.20. The lowest BCUT2D eigenvalue weighted by Crippen LogP contribution is -2.50. The molecule has 0 aromatic heterocycles. The molecular weight excluding hydrogens is 78.1 g/mol. The summed E-state index contributed by atoms with van der Waals surface area (Å²) in [4.78, 5) is 0. The van der Waals surface area contributed by atoms with E-state index >= 15 is 0 Å². The zero-order valence-corrected chi connectivity index (χ0v) is 3.31. The maximum Gasteiger partial charge on any atom is 0.215 e. The van der Waals surface area contributed by atoms with Crippen LogP contribution in [0.25, 0.3) is 0 Å². The van der Waals surface area contributed by atoms with Crippen LogP contribution in [-0.4, -0.2) is 18.8 Å². The Labute approximate surface area is 35.5 Å². The van der Waals surface area contributed by atoms with Crippen LogP contribution in [0.2, 0.25) is 0 Å². The fourth-order valence-electron chi connectivity index (χ4n) is 0.561. The van der Waals surface area contributed by atoms with E-state index in [-0.39, 0.29) is 5.66 Å². The van der Waals surface area contributed by atoms with Crippen LogP contribution in [0, 0.1) is 0 Å². The van der Waals surface area contributed by atoms with Crippen LogP contribution in [-0.2, 0) is 0 Å². The molecule has 0 unspecified atom stereocenters. The van der Waals surface area contributed by atoms with E-state index in [4.69, 9.17) is 0 Å². The van der Waals surface area contributed by atoms with Gasteiger partial charge in [0, 0.05) is 13.1 Å². The molecule has 0 aliphatic carbocycles. The zero-order valence-electron chi connectivity index (χ0n) is 3.31. The summed E-state index contributed by atoms with van der Waals surface area (Å²) >= 11 is 0. The third kappa shape index (κ3) is 0.148. The van der Waals surface area contributed by atoms with Crippen molar-refractivity contribution in [3.05, 3.63) is 0 Å². The summed E-state index contributed by atoms with van der Waals surface area (Å²) in [5, 5.41) is 10.7. The van der Waals surface area contributed by atoms with Crippen molar-refractivity contribution in [3.63, 3.8) is 0 Å². The van der Waals surface area contributed by atoms with E-state index < -0.39 is 0 Å². The molecule has 2 rings (SSSR count). The van der Waals surface area contributed by atoms with Crippen LogP contribution < -0.4 is 5.32 Å². The van der Waals surface area contributed by atoms with E-state index in [0.717, 1.165) is 13.1 Å². The Kier molecular flexibility index (Phi) is 0.232. The Bertz CT molecular complexity index is 94.6. The van der Waals surface area contributed by atoms with E-state index in [1.807, 2.05) is 0 Å². The normalized spacial score (nSPS) is 33.3. The Balaban J connectivity index is 2.12. The highest BCUT2D eigenvalue weighted by Gasteiger charge is 2.46. The van der Waals surface area contributed by atoms with E-state index in [0.29, 0.717) is 0 Å². The summed E-state index contributed by atoms with van der Waals surface area (Å²) in [5.41, 5.74) is 0.111. The summed E-state index contributed by atoms with van der Waals surface area (Å²) in [6.45, 7) is 1.96. The second-order valence-corrected chi connectivity index (χ2v) is 1.79. The minimum absolute atomic E-state index is 0.111. The maximum atomic E-state index is 3.80. The van der Waals surface area contributed by atoms with E-state index in [2.05, 4.69) is 15.5 Å². The molecule has 1 spiro atoms. The van der Waals surface area contributed by atoms with Gasteiger partial charge in [-0.2, -0.15) is 10.2 Å². The van der Waals surface area contributed by atoms with Gasteiger partial charge in [-0.3, -0.25) is 0 Å². The quantitative estimate of drug-likeness (QED) is 0.431. The Morgan fingerprint density at radius 2 is 2.00 bits per heavy atom. The second-order valence-electron chi connectivity index (χ2n) is 1.79. The summed E-state index contributed by atoms with van der Waals surface area (Å²) in [6.07, 6.45) is 0. The van der Waals surface area contributed by atoms with Gasteiger partial charge >= 0.3 is 0 Å². The fraction of sp³-hybridized carbons (Fsp3) is 1.00. The van der Waals surface area contributed by atoms with E-state index in [1.54, 1.807) is 0 Å². The van der Waals surface area contributed by atoms with Gasteiger partial charge in [0.05, 0.1) is 0 Å². The molecule has 3 heteroatoms. The van der Waals surface area contributed by atoms with Crippen molar-refractivity contribution in [3.8, 4) is 0 Å². The standard InChI is InChI=1S/C3H5N3/c1-3(2-4-1)5-6-3/h4H,1-2H2. The number of nitrogens with one attached hydrogen (secondary N) is 1. The molecule has 2 aliphatic heterocycles. The first-order valence-corrected chi connectivity index (χ1v) is 2.06. The molecule has 2 heterocycles. The summed E-state index contributed by atoms with van der Waals surface area (Å²) in [6, 6.07) is 0. The van der Waals surface area contributed by atoms with Crippen molar-refractivity contribution < 1.29 is 0 Å². The molecule has 1 N–H and O–H groups in total. The largest absolute Gasteiger partial charge is 0.308 e. The van der Waals surface area contributed by atoms with Gasteiger partial charge < -0.3 is 5.32 Å². The number of rotatable bonds is 0. The minimum Gasteiger partial charge on any atom is -0.308 e. The van der Waals surface area contributed by atoms with Crippen molar-refractivity contribution in [2.75, 3.05) is 13.1 Å². The van der Waals surface area contributed by atoms with Gasteiger partial charge in [0.1, 0.15) is 0 Å². The molecule has 1 saturated heterocycles. The second kappa shape index (κ2) is 0.518. The molecule has 0 atom stereocenters. The number of hydrogen-bond acceptors (Lipinski definition) is 3. The molecule has 6 heavy (non-hydrogen) atoms. The lowest BCUT2D eigenvalue weighted by molar-refractivity contribution is 0.392. The predicted molar refractivity (Wildman–Crippen MR) is 20.5 cm³/mol. The molecular formula is C3H5N3. The summed E-state index contributed by atoms with van der Waals surface area (Å²) in [7, 11) is 0. The molecule has 0 aromatic carbocycles. The Hall–Kier alpha value is -0.440. The van der Waals surface area contributed by atoms with Gasteiger partial charge in [0.2, 0.25) is 5.66 Å². The smallest absolute Gasteiger partial charge is 0.215 e. The van der Waals surface area contributed by atoms with Gasteiger partial charge in [-0.1, -0.05) is 0 Å². The van der Waals surface area contributed by atoms with Crippen molar-refractivity contribution >= 4 is 0 Å². The third-order valence-corrected chi connectivity index (χ3v) is 1.20. The molecule has 0 aromatic rings. The highest BCUT2D eigenvalue weighted by molar-refractivity contribution is 5.04. The van der Waals surface area contributed by atoms with Crippen LogP contribution in [0.3, 0.4) is 0 Å². The SMILES string of the molecule is C1NCC12N=N2. The number of nitrogens with zero attached hydrogens (tertiary/aromatic N) is 2. The topological polar surface area (TPSA) is 36.8 Å². The van der Waals surface area contributed by atoms with Crippen molar-refractivity contribution in [1.82, 2.24) is 5.32 Å². The Morgan fingerprint density at radius 1 is 1.33 bits per heavy atom. The molecule has 1 fully saturated rings. The van der Waals surface area contributed by atoms with Crippen molar-refractivity contribution in [1.29, 1.82) is 0 Å². The first-order valence-electron chi connectivity index (χ1n) is 2.06. The van der Waals surface area contributed by atoms with E-state index in [1.165, 1.54) is 0 Å². The van der Waals surface area contributed by atoms with Crippen LogP contribution >= 0.6 is 0 Å². The first kappa shape index (κ1) is 2.69. The average molecular weight is 83.1 g/mol. The van der Waals surface area contributed by atoms with Gasteiger partial charge in [0.25, 0.3) is 0 Å². The van der Waals surface area contributed by atoms with Crippen LogP contribution in [0.1, 0.15) is 0 Å². The Morgan fingerprint density at radius 3 is 2.00 bits per heavy atom. The van der Waals surface area contributed by atoms with Gasteiger partial charge in [-0.15, -0.1) is 0 Å². The molecule has 0 saturated carbocycles. The number of hydrogen-bond donors (Lipinski definition) is 1.